The SMILES string of the molecule is COc1c(-c2cnn(C)c2N)cc(C)c(C)c1O. The van der Waals surface area contributed by atoms with Crippen LogP contribution in [0.25, 0.3) is 11.1 Å². The molecule has 0 fully saturated rings. The highest BCUT2D eigenvalue weighted by atomic mass is 16.5. The Labute approximate surface area is 106 Å². The van der Waals surface area contributed by atoms with Crippen LogP contribution in [0.15, 0.2) is 12.3 Å². The number of hydrogen-bond acceptors (Lipinski definition) is 4. The molecule has 0 bridgehead atoms. The maximum atomic E-state index is 10.1. The lowest BCUT2D eigenvalue weighted by Gasteiger charge is -2.14. The summed E-state index contributed by atoms with van der Waals surface area (Å²) in [6, 6.07) is 1.95. The predicted octanol–water partition coefficient (Wildman–Crippen LogP) is 2.00. The lowest BCUT2D eigenvalue weighted by atomic mass is 9.99. The highest BCUT2D eigenvalue weighted by Gasteiger charge is 2.18. The minimum Gasteiger partial charge on any atom is -0.504 e. The van der Waals surface area contributed by atoms with Gasteiger partial charge in [0.2, 0.25) is 0 Å². The Morgan fingerprint density at radius 3 is 2.50 bits per heavy atom. The molecule has 1 aromatic heterocycles. The van der Waals surface area contributed by atoms with Crippen molar-refractivity contribution < 1.29 is 9.84 Å². The fourth-order valence-electron chi connectivity index (χ4n) is 1.94. The quantitative estimate of drug-likeness (QED) is 0.851. The van der Waals surface area contributed by atoms with Crippen molar-refractivity contribution >= 4 is 5.82 Å². The monoisotopic (exact) mass is 247 g/mol. The highest BCUT2D eigenvalue weighted by Crippen LogP contribution is 2.42. The van der Waals surface area contributed by atoms with Crippen LogP contribution in [-0.2, 0) is 7.05 Å². The van der Waals surface area contributed by atoms with Crippen LogP contribution in [0.4, 0.5) is 5.82 Å². The second-order valence-corrected chi connectivity index (χ2v) is 4.31. The number of nitrogens with two attached hydrogens (primary N) is 1. The van der Waals surface area contributed by atoms with Gasteiger partial charge in [0.1, 0.15) is 5.82 Å². The van der Waals surface area contributed by atoms with Crippen LogP contribution in [-0.4, -0.2) is 22.0 Å². The number of rotatable bonds is 2. The summed E-state index contributed by atoms with van der Waals surface area (Å²) in [4.78, 5) is 0. The summed E-state index contributed by atoms with van der Waals surface area (Å²) in [5.74, 6) is 1.12. The van der Waals surface area contributed by atoms with E-state index in [0.29, 0.717) is 11.6 Å². The number of phenolic OH excluding ortho intramolecular Hbond substituents is 1. The molecule has 0 atom stereocenters. The standard InChI is InChI=1S/C13H17N3O2/c1-7-5-9(10-6-15-16(3)13(10)14)12(18-4)11(17)8(7)2/h5-6,17H,14H2,1-4H3. The number of benzene rings is 1. The van der Waals surface area contributed by atoms with Gasteiger partial charge < -0.3 is 15.6 Å². The van der Waals surface area contributed by atoms with E-state index < -0.39 is 0 Å². The zero-order valence-electron chi connectivity index (χ0n) is 11.0. The summed E-state index contributed by atoms with van der Waals surface area (Å²) >= 11 is 0. The van der Waals surface area contributed by atoms with Gasteiger partial charge >= 0.3 is 0 Å². The van der Waals surface area contributed by atoms with Crippen molar-refractivity contribution in [1.29, 1.82) is 0 Å². The Morgan fingerprint density at radius 1 is 1.33 bits per heavy atom. The van der Waals surface area contributed by atoms with Crippen LogP contribution in [0.1, 0.15) is 11.1 Å². The second-order valence-electron chi connectivity index (χ2n) is 4.31. The molecule has 0 aliphatic carbocycles. The molecule has 0 spiro atoms. The number of ether oxygens (including phenoxy) is 1. The summed E-state index contributed by atoms with van der Waals surface area (Å²) in [6.07, 6.45) is 1.67. The lowest BCUT2D eigenvalue weighted by molar-refractivity contribution is 0.373. The molecule has 2 aromatic rings. The summed E-state index contributed by atoms with van der Waals surface area (Å²) < 4.78 is 6.87. The minimum atomic E-state index is 0.149. The molecule has 0 unspecified atom stereocenters. The largest absolute Gasteiger partial charge is 0.504 e. The van der Waals surface area contributed by atoms with E-state index in [-0.39, 0.29) is 5.75 Å². The van der Waals surface area contributed by atoms with E-state index in [4.69, 9.17) is 10.5 Å². The van der Waals surface area contributed by atoms with Crippen LogP contribution < -0.4 is 10.5 Å². The first-order valence-corrected chi connectivity index (χ1v) is 5.62. The zero-order chi connectivity index (χ0) is 13.4. The number of nitrogens with zero attached hydrogens (tertiary/aromatic N) is 2. The van der Waals surface area contributed by atoms with Crippen molar-refractivity contribution in [2.45, 2.75) is 13.8 Å². The Morgan fingerprint density at radius 2 is 2.00 bits per heavy atom. The lowest BCUT2D eigenvalue weighted by Crippen LogP contribution is -1.99. The molecular weight excluding hydrogens is 230 g/mol. The van der Waals surface area contributed by atoms with Crippen LogP contribution in [0.5, 0.6) is 11.5 Å². The smallest absolute Gasteiger partial charge is 0.168 e. The van der Waals surface area contributed by atoms with Gasteiger partial charge in [0.15, 0.2) is 11.5 Å². The van der Waals surface area contributed by atoms with Gasteiger partial charge in [-0.05, 0) is 31.0 Å². The third-order valence-electron chi connectivity index (χ3n) is 3.25. The van der Waals surface area contributed by atoms with Crippen molar-refractivity contribution in [3.05, 3.63) is 23.4 Å². The second kappa shape index (κ2) is 4.25. The first-order chi connectivity index (χ1) is 8.47. The van der Waals surface area contributed by atoms with E-state index in [0.717, 1.165) is 22.3 Å². The molecule has 3 N–H and O–H groups in total. The summed E-state index contributed by atoms with van der Waals surface area (Å²) in [5.41, 5.74) is 9.25. The van der Waals surface area contributed by atoms with E-state index in [2.05, 4.69) is 5.10 Å². The van der Waals surface area contributed by atoms with Gasteiger partial charge in [0.05, 0.1) is 13.3 Å². The molecule has 1 aromatic carbocycles. The number of hydrogen-bond donors (Lipinski definition) is 2. The van der Waals surface area contributed by atoms with Gasteiger partial charge in [-0.3, -0.25) is 4.68 Å². The maximum absolute atomic E-state index is 10.1. The van der Waals surface area contributed by atoms with Crippen molar-refractivity contribution in [3.8, 4) is 22.6 Å². The van der Waals surface area contributed by atoms with Gasteiger partial charge in [-0.15, -0.1) is 0 Å². The fraction of sp³-hybridized carbons (Fsp3) is 0.308. The Kier molecular flexibility index (Phi) is 2.90. The van der Waals surface area contributed by atoms with Crippen LogP contribution in [0.3, 0.4) is 0 Å². The number of methoxy groups -OCH3 is 1. The Balaban J connectivity index is 2.75. The van der Waals surface area contributed by atoms with E-state index in [1.165, 1.54) is 7.11 Å². The van der Waals surface area contributed by atoms with Crippen molar-refractivity contribution in [2.24, 2.45) is 7.05 Å². The minimum absolute atomic E-state index is 0.149. The molecule has 0 amide bonds. The first kappa shape index (κ1) is 12.3. The van der Waals surface area contributed by atoms with Crippen molar-refractivity contribution in [3.63, 3.8) is 0 Å². The normalized spacial score (nSPS) is 10.7. The van der Waals surface area contributed by atoms with Gasteiger partial charge in [-0.2, -0.15) is 5.10 Å². The molecule has 5 nitrogen and oxygen atoms in total. The Bertz CT molecular complexity index is 603. The van der Waals surface area contributed by atoms with Crippen LogP contribution in [0, 0.1) is 13.8 Å². The molecule has 18 heavy (non-hydrogen) atoms. The van der Waals surface area contributed by atoms with Gasteiger partial charge in [0.25, 0.3) is 0 Å². The summed E-state index contributed by atoms with van der Waals surface area (Å²) in [6.45, 7) is 3.79. The molecule has 96 valence electrons. The van der Waals surface area contributed by atoms with E-state index >= 15 is 0 Å². The van der Waals surface area contributed by atoms with Gasteiger partial charge in [-0.1, -0.05) is 0 Å². The van der Waals surface area contributed by atoms with E-state index in [1.54, 1.807) is 17.9 Å². The predicted molar refractivity (Wildman–Crippen MR) is 70.7 cm³/mol. The number of nitrogen functional groups attached to an aromatic ring is 1. The number of aromatic hydroxyl groups is 1. The number of phenols is 1. The first-order valence-electron chi connectivity index (χ1n) is 5.62. The molecule has 0 saturated carbocycles. The van der Waals surface area contributed by atoms with Gasteiger partial charge in [-0.25, -0.2) is 0 Å². The number of anilines is 1. The number of aryl methyl sites for hydroxylation is 2. The molecule has 0 aliphatic heterocycles. The average molecular weight is 247 g/mol. The molecule has 5 heteroatoms. The van der Waals surface area contributed by atoms with Crippen molar-refractivity contribution in [2.75, 3.05) is 12.8 Å². The molecule has 0 aliphatic rings. The highest BCUT2D eigenvalue weighted by molar-refractivity contribution is 5.81. The molecular formula is C13H17N3O2. The van der Waals surface area contributed by atoms with Crippen LogP contribution in [0.2, 0.25) is 0 Å². The molecule has 2 rings (SSSR count). The Hall–Kier alpha value is -2.17. The third kappa shape index (κ3) is 1.68. The van der Waals surface area contributed by atoms with E-state index in [1.807, 2.05) is 19.9 Å². The molecule has 1 heterocycles. The summed E-state index contributed by atoms with van der Waals surface area (Å²) in [7, 11) is 3.30. The number of aromatic nitrogens is 2. The van der Waals surface area contributed by atoms with Crippen molar-refractivity contribution in [1.82, 2.24) is 9.78 Å². The third-order valence-corrected chi connectivity index (χ3v) is 3.25. The zero-order valence-corrected chi connectivity index (χ0v) is 11.0. The van der Waals surface area contributed by atoms with E-state index in [9.17, 15) is 5.11 Å². The summed E-state index contributed by atoms with van der Waals surface area (Å²) in [5, 5.41) is 14.2. The topological polar surface area (TPSA) is 73.3 Å². The molecule has 0 radical (unpaired) electrons. The fourth-order valence-corrected chi connectivity index (χ4v) is 1.94. The maximum Gasteiger partial charge on any atom is 0.168 e. The average Bonchev–Trinajstić information content (AvgIpc) is 2.67. The molecule has 0 saturated heterocycles. The van der Waals surface area contributed by atoms with Gasteiger partial charge in [0, 0.05) is 18.2 Å². The van der Waals surface area contributed by atoms with Crippen LogP contribution >= 0.6 is 0 Å².